The lowest BCUT2D eigenvalue weighted by atomic mass is 9.95. The summed E-state index contributed by atoms with van der Waals surface area (Å²) >= 11 is 0. The third-order valence-corrected chi connectivity index (χ3v) is 12.4. The molecule has 0 amide bonds. The molecule has 0 radical (unpaired) electrons. The predicted molar refractivity (Wildman–Crippen MR) is 199 cm³/mol. The summed E-state index contributed by atoms with van der Waals surface area (Å²) in [5.74, 6) is 0. The summed E-state index contributed by atoms with van der Waals surface area (Å²) in [6, 6.07) is 0. The molecule has 31 nitrogen and oxygen atoms in total. The molecule has 67 heavy (non-hydrogen) atoms. The first-order valence-corrected chi connectivity index (χ1v) is 21.1. The van der Waals surface area contributed by atoms with Crippen molar-refractivity contribution in [2.75, 3.05) is 39.6 Å². The van der Waals surface area contributed by atoms with E-state index in [2.05, 4.69) is 0 Å². The van der Waals surface area contributed by atoms with Crippen LogP contribution in [0.25, 0.3) is 0 Å². The van der Waals surface area contributed by atoms with Crippen molar-refractivity contribution in [3.63, 3.8) is 0 Å². The van der Waals surface area contributed by atoms with Crippen LogP contribution in [0.1, 0.15) is 0 Å². The number of hydrogen-bond acceptors (Lipinski definition) is 31. The Balaban J connectivity index is 1.31. The summed E-state index contributed by atoms with van der Waals surface area (Å²) < 4.78 is 62.2. The lowest BCUT2D eigenvalue weighted by Gasteiger charge is -2.50. The van der Waals surface area contributed by atoms with Gasteiger partial charge in [-0.25, -0.2) is 0 Å². The topological polar surface area (TPSA) is 506 Å². The van der Waals surface area contributed by atoms with E-state index < -0.39 is 224 Å². The Morgan fingerprint density at radius 1 is 0.224 bits per heavy atom. The fourth-order valence-corrected chi connectivity index (χ4v) is 8.42. The molecule has 0 aromatic heterocycles. The summed E-state index contributed by atoms with van der Waals surface area (Å²) in [5.41, 5.74) is 0. The van der Waals surface area contributed by atoms with Crippen LogP contribution in [0.3, 0.4) is 0 Å². The molecule has 6 aliphatic rings. The van der Waals surface area contributed by atoms with Crippen LogP contribution in [0, 0.1) is 0 Å². The molecule has 20 N–H and O–H groups in total. The Morgan fingerprint density at radius 3 is 0.716 bits per heavy atom. The van der Waals surface area contributed by atoms with Crippen molar-refractivity contribution in [2.45, 2.75) is 184 Å². The molecule has 6 saturated heterocycles. The maximum Gasteiger partial charge on any atom is 0.187 e. The van der Waals surface area contributed by atoms with Crippen LogP contribution in [0.2, 0.25) is 0 Å². The number of ether oxygens (including phenoxy) is 11. The van der Waals surface area contributed by atoms with Crippen molar-refractivity contribution in [1.82, 2.24) is 0 Å². The van der Waals surface area contributed by atoms with Gasteiger partial charge in [-0.15, -0.1) is 0 Å². The Bertz CT molecular complexity index is 1510. The molecule has 6 heterocycles. The van der Waals surface area contributed by atoms with E-state index in [4.69, 9.17) is 52.1 Å². The van der Waals surface area contributed by atoms with Crippen LogP contribution in [0.5, 0.6) is 0 Å². The van der Waals surface area contributed by atoms with Gasteiger partial charge >= 0.3 is 0 Å². The largest absolute Gasteiger partial charge is 0.394 e. The Morgan fingerprint density at radius 2 is 0.433 bits per heavy atom. The van der Waals surface area contributed by atoms with Gasteiger partial charge in [-0.3, -0.25) is 0 Å². The number of aliphatic hydroxyl groups is 20. The molecule has 0 aliphatic carbocycles. The second-order valence-corrected chi connectivity index (χ2v) is 16.8. The SMILES string of the molecule is OC[C@H]1O[C@H](O[C@@H]2[C@@H](O[C@@H]3[C@@H](O[C@@H]4C(O)O[C@H](CO)[C@@H](O)[C@@H]4O)O[C@H](CO)[C@@H](O)[C@@H]3O)O[C@H](CO)[C@@H](O)[C@@H]2O)[C@@H](OC2O[C@H](CO)[C@@H](O)[C@H](O)[C@@H]2OC2O[C@H](CO)[C@@H](O)[C@H](O)[C@@H]2O)[C@@H](O)[C@@H]1O. The zero-order chi connectivity index (χ0) is 49.3. The monoisotopic (exact) mass is 990 g/mol. The molecular formula is C36H62O31. The molecule has 6 aliphatic heterocycles. The summed E-state index contributed by atoms with van der Waals surface area (Å²) in [5, 5.41) is 211. The zero-order valence-corrected chi connectivity index (χ0v) is 35.0. The number of rotatable bonds is 16. The van der Waals surface area contributed by atoms with Crippen LogP contribution in [0.4, 0.5) is 0 Å². The van der Waals surface area contributed by atoms with Gasteiger partial charge in [0.05, 0.1) is 39.6 Å². The molecule has 0 bridgehead atoms. The molecule has 0 aromatic rings. The van der Waals surface area contributed by atoms with E-state index in [0.717, 1.165) is 0 Å². The van der Waals surface area contributed by atoms with Crippen LogP contribution in [-0.4, -0.2) is 326 Å². The molecule has 31 heteroatoms. The maximum atomic E-state index is 11.5. The van der Waals surface area contributed by atoms with Gasteiger partial charge in [-0.05, 0) is 0 Å². The van der Waals surface area contributed by atoms with Gasteiger partial charge in [-0.2, -0.15) is 0 Å². The lowest BCUT2D eigenvalue weighted by Crippen LogP contribution is -2.69. The quantitative estimate of drug-likeness (QED) is 0.0683. The minimum absolute atomic E-state index is 0.865. The fraction of sp³-hybridized carbons (Fsp3) is 1.00. The molecule has 6 fully saturated rings. The number of aliphatic hydroxyl groups excluding tert-OH is 20. The van der Waals surface area contributed by atoms with Crippen LogP contribution in [-0.2, 0) is 52.1 Å². The maximum absolute atomic E-state index is 11.5. The van der Waals surface area contributed by atoms with Gasteiger partial charge < -0.3 is 154 Å². The molecular weight excluding hydrogens is 928 g/mol. The summed E-state index contributed by atoms with van der Waals surface area (Å²) in [6.45, 7) is -5.86. The minimum Gasteiger partial charge on any atom is -0.394 e. The second-order valence-electron chi connectivity index (χ2n) is 16.8. The van der Waals surface area contributed by atoms with Crippen molar-refractivity contribution in [3.05, 3.63) is 0 Å². The van der Waals surface area contributed by atoms with Gasteiger partial charge in [0.1, 0.15) is 146 Å². The fourth-order valence-electron chi connectivity index (χ4n) is 8.42. The van der Waals surface area contributed by atoms with Crippen molar-refractivity contribution in [1.29, 1.82) is 0 Å². The van der Waals surface area contributed by atoms with Gasteiger partial charge in [0.2, 0.25) is 0 Å². The molecule has 3 unspecified atom stereocenters. The first-order valence-electron chi connectivity index (χ1n) is 21.1. The highest BCUT2D eigenvalue weighted by Crippen LogP contribution is 2.37. The first kappa shape index (κ1) is 55.1. The van der Waals surface area contributed by atoms with Gasteiger partial charge in [0, 0.05) is 0 Å². The van der Waals surface area contributed by atoms with Gasteiger partial charge in [-0.1, -0.05) is 0 Å². The van der Waals surface area contributed by atoms with Crippen molar-refractivity contribution < 1.29 is 154 Å². The average Bonchev–Trinajstić information content (AvgIpc) is 3.32. The normalized spacial score (nSPS) is 53.4. The van der Waals surface area contributed by atoms with E-state index in [1.165, 1.54) is 0 Å². The van der Waals surface area contributed by atoms with Crippen LogP contribution in [0.15, 0.2) is 0 Å². The van der Waals surface area contributed by atoms with E-state index in [1.54, 1.807) is 0 Å². The van der Waals surface area contributed by atoms with E-state index in [9.17, 15) is 102 Å². The Kier molecular flexibility index (Phi) is 19.4. The highest BCUT2D eigenvalue weighted by atomic mass is 16.8. The van der Waals surface area contributed by atoms with Gasteiger partial charge in [0.15, 0.2) is 37.7 Å². The molecule has 6 rings (SSSR count). The zero-order valence-electron chi connectivity index (χ0n) is 35.0. The lowest BCUT2D eigenvalue weighted by molar-refractivity contribution is -0.417. The van der Waals surface area contributed by atoms with E-state index in [-0.39, 0.29) is 0 Å². The van der Waals surface area contributed by atoms with Crippen molar-refractivity contribution in [2.24, 2.45) is 0 Å². The van der Waals surface area contributed by atoms with E-state index in [1.807, 2.05) is 0 Å². The molecule has 0 aromatic carbocycles. The third-order valence-electron chi connectivity index (χ3n) is 12.4. The summed E-state index contributed by atoms with van der Waals surface area (Å²) in [6.07, 6.45) is -60.2. The van der Waals surface area contributed by atoms with Gasteiger partial charge in [0.25, 0.3) is 0 Å². The number of hydrogen-bond donors (Lipinski definition) is 20. The highest BCUT2D eigenvalue weighted by molar-refractivity contribution is 5.00. The van der Waals surface area contributed by atoms with E-state index in [0.29, 0.717) is 0 Å². The molecule has 0 spiro atoms. The first-order chi connectivity index (χ1) is 31.8. The molecule has 0 saturated carbocycles. The Labute approximate surface area is 378 Å². The standard InChI is InChI=1S/C36H62O31/c37-1-7-14(44)20(50)26(31(56)57-7)63-33-28(22(52)16(46)9(3-39)59-33)65-35-30(24(54)18(48)11(5-41)61-35)67-36-29(23(53)17(47)12(6-42)62-36)66-34-27(21(51)15(45)10(4-40)60-34)64-32-25(55)19(49)13(43)8(2-38)58-32/h7-56H,1-6H2/t7-,8-,9-,10-,11-,12-,13-,14-,15-,16-,17-,18-,19+,20+,21+,22+,23+,24+,25+,26+,27+,28+,29+,30+,31?,32?,33-,34?,35-,36-/m1/s1. The van der Waals surface area contributed by atoms with Crippen molar-refractivity contribution >= 4 is 0 Å². The smallest absolute Gasteiger partial charge is 0.187 e. The van der Waals surface area contributed by atoms with Crippen molar-refractivity contribution in [3.8, 4) is 0 Å². The summed E-state index contributed by atoms with van der Waals surface area (Å²) in [7, 11) is 0. The van der Waals surface area contributed by atoms with E-state index >= 15 is 0 Å². The minimum atomic E-state index is -2.25. The molecule has 392 valence electrons. The highest BCUT2D eigenvalue weighted by Gasteiger charge is 2.58. The molecule has 30 atom stereocenters. The van der Waals surface area contributed by atoms with Crippen LogP contribution >= 0.6 is 0 Å². The average molecular weight is 991 g/mol. The third kappa shape index (κ3) is 11.2. The second kappa shape index (κ2) is 23.5. The van der Waals surface area contributed by atoms with Crippen LogP contribution < -0.4 is 0 Å². The Hall–Kier alpha value is -1.24. The predicted octanol–water partition coefficient (Wildman–Crippen LogP) is -14.1. The summed E-state index contributed by atoms with van der Waals surface area (Å²) in [4.78, 5) is 0.